The Bertz CT molecular complexity index is 1010. The number of nitrogens with zero attached hydrogens (tertiary/aromatic N) is 3. The molecule has 2 amide bonds. The number of hydrogen-bond acceptors (Lipinski definition) is 3. The van der Waals surface area contributed by atoms with Gasteiger partial charge in [-0.25, -0.2) is 4.98 Å². The number of rotatable bonds is 8. The number of hydrogen-bond donors (Lipinski definition) is 1. The number of aromatic nitrogens is 2. The third-order valence-corrected chi connectivity index (χ3v) is 4.74. The van der Waals surface area contributed by atoms with Crippen molar-refractivity contribution in [2.75, 3.05) is 18.5 Å². The summed E-state index contributed by atoms with van der Waals surface area (Å²) in [6, 6.07) is 17.4. The molecular formula is C23H26N4O2. The summed E-state index contributed by atoms with van der Waals surface area (Å²) in [5, 5.41) is 2.85. The number of allylic oxidation sites excluding steroid dienone is 1. The molecule has 0 saturated carbocycles. The molecule has 1 N–H and O–H groups in total. The second kappa shape index (κ2) is 9.68. The van der Waals surface area contributed by atoms with Crippen LogP contribution >= 0.6 is 0 Å². The van der Waals surface area contributed by atoms with Crippen molar-refractivity contribution in [1.82, 2.24) is 14.9 Å². The van der Waals surface area contributed by atoms with E-state index in [1.807, 2.05) is 66.1 Å². The molecule has 0 radical (unpaired) electrons. The average Bonchev–Trinajstić information content (AvgIpc) is 3.09. The molecule has 0 aliphatic rings. The number of anilines is 1. The summed E-state index contributed by atoms with van der Waals surface area (Å²) in [7, 11) is 1.78. The predicted molar refractivity (Wildman–Crippen MR) is 116 cm³/mol. The Morgan fingerprint density at radius 2 is 1.83 bits per heavy atom. The fourth-order valence-electron chi connectivity index (χ4n) is 3.20. The summed E-state index contributed by atoms with van der Waals surface area (Å²) < 4.78 is 1.98. The zero-order chi connectivity index (χ0) is 20.6. The van der Waals surface area contributed by atoms with Gasteiger partial charge in [0.25, 0.3) is 0 Å². The lowest BCUT2D eigenvalue weighted by atomic mass is 10.2. The minimum Gasteiger partial charge on any atom is -0.353 e. The van der Waals surface area contributed by atoms with Gasteiger partial charge >= 0.3 is 0 Å². The maximum Gasteiger partial charge on any atom is 0.246 e. The Hall–Kier alpha value is -3.41. The molecule has 0 spiro atoms. The normalized spacial score (nSPS) is 11.1. The van der Waals surface area contributed by atoms with Crippen LogP contribution in [0.25, 0.3) is 11.0 Å². The van der Waals surface area contributed by atoms with Crippen LogP contribution in [0.3, 0.4) is 0 Å². The number of aryl methyl sites for hydroxylation is 1. The minimum atomic E-state index is -0.0966. The number of nitrogens with one attached hydrogen (secondary N) is 1. The van der Waals surface area contributed by atoms with E-state index in [-0.39, 0.29) is 18.4 Å². The Balaban J connectivity index is 1.74. The van der Waals surface area contributed by atoms with Crippen molar-refractivity contribution in [2.24, 2.45) is 0 Å². The Labute approximate surface area is 170 Å². The zero-order valence-electron chi connectivity index (χ0n) is 16.8. The van der Waals surface area contributed by atoms with Crippen LogP contribution in [0.5, 0.6) is 0 Å². The molecule has 0 bridgehead atoms. The molecule has 150 valence electrons. The first-order valence-corrected chi connectivity index (χ1v) is 9.76. The topological polar surface area (TPSA) is 67.2 Å². The molecule has 29 heavy (non-hydrogen) atoms. The smallest absolute Gasteiger partial charge is 0.246 e. The third kappa shape index (κ3) is 5.10. The quantitative estimate of drug-likeness (QED) is 0.474. The standard InChI is InChI=1S/C23H26N4O2/c1-3-10-22(28)24-16-9-15-21-25-19-13-7-8-14-20(19)27(21)17-23(29)26(2)18-11-5-4-6-12-18/h3-8,10-14H,9,15-17H2,1-2H3,(H,24,28)/b10-3-. The van der Waals surface area contributed by atoms with Crippen molar-refractivity contribution >= 4 is 28.5 Å². The number of fused-ring (bicyclic) bond motifs is 1. The molecular weight excluding hydrogens is 364 g/mol. The van der Waals surface area contributed by atoms with Crippen molar-refractivity contribution in [2.45, 2.75) is 26.3 Å². The number of carbonyl (C=O) groups is 2. The molecule has 0 fully saturated rings. The molecule has 0 atom stereocenters. The van der Waals surface area contributed by atoms with Gasteiger partial charge in [-0.3, -0.25) is 9.59 Å². The van der Waals surface area contributed by atoms with Gasteiger partial charge in [-0.15, -0.1) is 0 Å². The molecule has 0 unspecified atom stereocenters. The second-order valence-electron chi connectivity index (χ2n) is 6.79. The maximum atomic E-state index is 12.9. The van der Waals surface area contributed by atoms with Crippen LogP contribution in [0.4, 0.5) is 5.69 Å². The average molecular weight is 390 g/mol. The monoisotopic (exact) mass is 390 g/mol. The second-order valence-corrected chi connectivity index (χ2v) is 6.79. The van der Waals surface area contributed by atoms with Gasteiger partial charge in [0.05, 0.1) is 11.0 Å². The molecule has 3 rings (SSSR count). The molecule has 0 aliphatic carbocycles. The Morgan fingerprint density at radius 1 is 1.10 bits per heavy atom. The van der Waals surface area contributed by atoms with Gasteiger partial charge < -0.3 is 14.8 Å². The van der Waals surface area contributed by atoms with E-state index in [1.54, 1.807) is 18.0 Å². The van der Waals surface area contributed by atoms with Crippen LogP contribution in [-0.2, 0) is 22.6 Å². The summed E-state index contributed by atoms with van der Waals surface area (Å²) in [4.78, 5) is 30.8. The summed E-state index contributed by atoms with van der Waals surface area (Å²) >= 11 is 0. The minimum absolute atomic E-state index is 0.0120. The Morgan fingerprint density at radius 3 is 2.59 bits per heavy atom. The van der Waals surface area contributed by atoms with Crippen molar-refractivity contribution in [3.05, 3.63) is 72.6 Å². The van der Waals surface area contributed by atoms with Gasteiger partial charge in [0.1, 0.15) is 12.4 Å². The lowest BCUT2D eigenvalue weighted by Gasteiger charge is -2.18. The molecule has 3 aromatic rings. The highest BCUT2D eigenvalue weighted by Crippen LogP contribution is 2.19. The van der Waals surface area contributed by atoms with Crippen LogP contribution < -0.4 is 10.2 Å². The summed E-state index contributed by atoms with van der Waals surface area (Å²) in [5.41, 5.74) is 2.67. The fourth-order valence-corrected chi connectivity index (χ4v) is 3.20. The van der Waals surface area contributed by atoms with E-state index in [0.717, 1.165) is 29.0 Å². The molecule has 0 aliphatic heterocycles. The number of para-hydroxylation sites is 3. The van der Waals surface area contributed by atoms with Gasteiger partial charge in [0, 0.05) is 25.7 Å². The number of imidazole rings is 1. The highest BCUT2D eigenvalue weighted by atomic mass is 16.2. The summed E-state index contributed by atoms with van der Waals surface area (Å²) in [5.74, 6) is 0.740. The van der Waals surface area contributed by atoms with Gasteiger partial charge in [-0.05, 0) is 43.7 Å². The molecule has 0 saturated heterocycles. The van der Waals surface area contributed by atoms with Crippen molar-refractivity contribution in [3.63, 3.8) is 0 Å². The first-order valence-electron chi connectivity index (χ1n) is 9.76. The number of carbonyl (C=O) groups excluding carboxylic acids is 2. The molecule has 1 heterocycles. The molecule has 1 aromatic heterocycles. The number of benzene rings is 2. The van der Waals surface area contributed by atoms with E-state index in [1.165, 1.54) is 6.08 Å². The highest BCUT2D eigenvalue weighted by molar-refractivity contribution is 5.93. The lowest BCUT2D eigenvalue weighted by Crippen LogP contribution is -2.30. The first kappa shape index (κ1) is 20.3. The van der Waals surface area contributed by atoms with E-state index in [4.69, 9.17) is 4.98 Å². The van der Waals surface area contributed by atoms with Crippen LogP contribution in [0.15, 0.2) is 66.7 Å². The predicted octanol–water partition coefficient (Wildman–Crippen LogP) is 3.32. The van der Waals surface area contributed by atoms with Gasteiger partial charge in [0.2, 0.25) is 11.8 Å². The maximum absolute atomic E-state index is 12.9. The van der Waals surface area contributed by atoms with Crippen LogP contribution in [0, 0.1) is 0 Å². The highest BCUT2D eigenvalue weighted by Gasteiger charge is 2.17. The van der Waals surface area contributed by atoms with Crippen molar-refractivity contribution in [3.8, 4) is 0 Å². The molecule has 6 nitrogen and oxygen atoms in total. The van der Waals surface area contributed by atoms with E-state index in [9.17, 15) is 9.59 Å². The van der Waals surface area contributed by atoms with Crippen molar-refractivity contribution < 1.29 is 9.59 Å². The lowest BCUT2D eigenvalue weighted by molar-refractivity contribution is -0.119. The zero-order valence-corrected chi connectivity index (χ0v) is 16.8. The van der Waals surface area contributed by atoms with E-state index >= 15 is 0 Å². The summed E-state index contributed by atoms with van der Waals surface area (Å²) in [6.07, 6.45) is 4.64. The van der Waals surface area contributed by atoms with Gasteiger partial charge in [-0.2, -0.15) is 0 Å². The van der Waals surface area contributed by atoms with Crippen LogP contribution in [0.2, 0.25) is 0 Å². The SMILES string of the molecule is C/C=C\C(=O)NCCCc1nc2ccccc2n1CC(=O)N(C)c1ccccc1. The van der Waals surface area contributed by atoms with E-state index < -0.39 is 0 Å². The molecule has 2 aromatic carbocycles. The van der Waals surface area contributed by atoms with Crippen molar-refractivity contribution in [1.29, 1.82) is 0 Å². The largest absolute Gasteiger partial charge is 0.353 e. The van der Waals surface area contributed by atoms with Crippen LogP contribution in [0.1, 0.15) is 19.2 Å². The number of amides is 2. The third-order valence-electron chi connectivity index (χ3n) is 4.74. The summed E-state index contributed by atoms with van der Waals surface area (Å²) in [6.45, 7) is 2.59. The Kier molecular flexibility index (Phi) is 6.79. The van der Waals surface area contributed by atoms with E-state index in [2.05, 4.69) is 5.32 Å². The van der Waals surface area contributed by atoms with Gasteiger partial charge in [-0.1, -0.05) is 36.4 Å². The fraction of sp³-hybridized carbons (Fsp3) is 0.261. The first-order chi connectivity index (χ1) is 14.1. The van der Waals surface area contributed by atoms with Crippen LogP contribution in [-0.4, -0.2) is 35.0 Å². The van der Waals surface area contributed by atoms with Gasteiger partial charge in [0.15, 0.2) is 0 Å². The molecule has 6 heteroatoms. The van der Waals surface area contributed by atoms with E-state index in [0.29, 0.717) is 13.0 Å². The number of likely N-dealkylation sites (N-methyl/N-ethyl adjacent to an activating group) is 1.